The predicted octanol–water partition coefficient (Wildman–Crippen LogP) is 2.96. The molecule has 6 heteroatoms. The Balaban J connectivity index is 1.72. The van der Waals surface area contributed by atoms with Crippen LogP contribution in [0.1, 0.15) is 37.7 Å². The van der Waals surface area contributed by atoms with E-state index in [0.717, 1.165) is 51.3 Å². The maximum atomic E-state index is 14.1. The average molecular weight is 352 g/mol. The maximum Gasteiger partial charge on any atom is 0.248 e. The number of hydrogen-bond donors (Lipinski definition) is 0. The van der Waals surface area contributed by atoms with Gasteiger partial charge in [0.1, 0.15) is 18.2 Å². The quantitative estimate of drug-likeness (QED) is 0.835. The van der Waals surface area contributed by atoms with E-state index in [0.29, 0.717) is 18.7 Å². The molecule has 3 rings (SSSR count). The first-order valence-electron chi connectivity index (χ1n) is 9.00. The molecule has 25 heavy (non-hydrogen) atoms. The van der Waals surface area contributed by atoms with Crippen LogP contribution in [0.15, 0.2) is 18.2 Å². The molecule has 4 nitrogen and oxygen atoms in total. The molecule has 0 radical (unpaired) electrons. The number of amides is 1. The molecule has 0 unspecified atom stereocenters. The van der Waals surface area contributed by atoms with E-state index in [9.17, 15) is 13.6 Å². The summed E-state index contributed by atoms with van der Waals surface area (Å²) in [6.45, 7) is 2.87. The maximum absolute atomic E-state index is 14.1. The SMILES string of the molecule is COCC(=O)N1CCC[C@@]2(CCCN2Cc2cc(F)ccc2F)CC1. The number of ether oxygens (including phenoxy) is 1. The van der Waals surface area contributed by atoms with E-state index in [-0.39, 0.29) is 23.9 Å². The highest BCUT2D eigenvalue weighted by molar-refractivity contribution is 5.77. The normalized spacial score (nSPS) is 24.7. The first-order valence-corrected chi connectivity index (χ1v) is 9.00. The van der Waals surface area contributed by atoms with Gasteiger partial charge in [-0.1, -0.05) is 0 Å². The molecule has 0 saturated carbocycles. The summed E-state index contributed by atoms with van der Waals surface area (Å²) in [5, 5.41) is 0. The lowest BCUT2D eigenvalue weighted by atomic mass is 9.87. The summed E-state index contributed by atoms with van der Waals surface area (Å²) in [5.41, 5.74) is 0.402. The average Bonchev–Trinajstić information content (AvgIpc) is 2.83. The van der Waals surface area contributed by atoms with E-state index in [4.69, 9.17) is 4.74 Å². The number of carbonyl (C=O) groups is 1. The Labute approximate surface area is 147 Å². The second-order valence-corrected chi connectivity index (χ2v) is 7.15. The zero-order valence-electron chi connectivity index (χ0n) is 14.8. The summed E-state index contributed by atoms with van der Waals surface area (Å²) in [6.07, 6.45) is 4.90. The van der Waals surface area contributed by atoms with Crippen LogP contribution < -0.4 is 0 Å². The standard InChI is InChI=1S/C19H26F2N2O2/c1-25-14-18(24)22-9-2-6-19(8-11-22)7-3-10-23(19)13-15-12-16(20)4-5-17(15)21/h4-5,12H,2-3,6-11,13-14H2,1H3/t19-/m1/s1. The van der Waals surface area contributed by atoms with Crippen LogP contribution in [0.3, 0.4) is 0 Å². The fourth-order valence-electron chi connectivity index (χ4n) is 4.32. The van der Waals surface area contributed by atoms with Gasteiger partial charge >= 0.3 is 0 Å². The summed E-state index contributed by atoms with van der Waals surface area (Å²) in [6, 6.07) is 3.65. The highest BCUT2D eigenvalue weighted by Crippen LogP contribution is 2.39. The zero-order chi connectivity index (χ0) is 17.9. The summed E-state index contributed by atoms with van der Waals surface area (Å²) in [7, 11) is 1.53. The van der Waals surface area contributed by atoms with Crippen LogP contribution in [-0.2, 0) is 16.1 Å². The molecule has 1 amide bonds. The molecular formula is C19H26F2N2O2. The van der Waals surface area contributed by atoms with Gasteiger partial charge in [0.05, 0.1) is 0 Å². The van der Waals surface area contributed by atoms with E-state index in [1.807, 2.05) is 4.90 Å². The lowest BCUT2D eigenvalue weighted by Gasteiger charge is -2.38. The number of halogens is 2. The third kappa shape index (κ3) is 4.01. The predicted molar refractivity (Wildman–Crippen MR) is 91.0 cm³/mol. The monoisotopic (exact) mass is 352 g/mol. The molecule has 2 aliphatic rings. The molecule has 1 aromatic carbocycles. The number of likely N-dealkylation sites (tertiary alicyclic amines) is 2. The molecule has 0 bridgehead atoms. The summed E-state index contributed by atoms with van der Waals surface area (Å²) in [4.78, 5) is 16.3. The summed E-state index contributed by atoms with van der Waals surface area (Å²) < 4.78 is 32.5. The van der Waals surface area contributed by atoms with Crippen molar-refractivity contribution in [3.63, 3.8) is 0 Å². The minimum atomic E-state index is -0.401. The fourth-order valence-corrected chi connectivity index (χ4v) is 4.32. The molecule has 0 aliphatic carbocycles. The highest BCUT2D eigenvalue weighted by atomic mass is 19.1. The summed E-state index contributed by atoms with van der Waals surface area (Å²) in [5.74, 6) is -0.726. The number of benzene rings is 1. The number of nitrogens with zero attached hydrogens (tertiary/aromatic N) is 2. The molecule has 1 atom stereocenters. The molecule has 2 aliphatic heterocycles. The Morgan fingerprint density at radius 3 is 2.68 bits per heavy atom. The van der Waals surface area contributed by atoms with E-state index in [2.05, 4.69) is 4.90 Å². The molecule has 138 valence electrons. The van der Waals surface area contributed by atoms with Crippen molar-refractivity contribution in [3.05, 3.63) is 35.4 Å². The molecule has 1 spiro atoms. The molecule has 2 heterocycles. The van der Waals surface area contributed by atoms with Crippen molar-refractivity contribution < 1.29 is 18.3 Å². The van der Waals surface area contributed by atoms with Gasteiger partial charge < -0.3 is 9.64 Å². The molecule has 2 fully saturated rings. The van der Waals surface area contributed by atoms with Crippen molar-refractivity contribution in [1.29, 1.82) is 0 Å². The zero-order valence-corrected chi connectivity index (χ0v) is 14.8. The number of carbonyl (C=O) groups excluding carboxylic acids is 1. The van der Waals surface area contributed by atoms with E-state index in [1.165, 1.54) is 19.2 Å². The second-order valence-electron chi connectivity index (χ2n) is 7.15. The van der Waals surface area contributed by atoms with Crippen LogP contribution in [0.5, 0.6) is 0 Å². The van der Waals surface area contributed by atoms with Crippen LogP contribution in [0.4, 0.5) is 8.78 Å². The minimum Gasteiger partial charge on any atom is -0.375 e. The fraction of sp³-hybridized carbons (Fsp3) is 0.632. The van der Waals surface area contributed by atoms with Crippen molar-refractivity contribution in [2.24, 2.45) is 0 Å². The van der Waals surface area contributed by atoms with Crippen molar-refractivity contribution in [3.8, 4) is 0 Å². The Bertz CT molecular complexity index is 625. The number of rotatable bonds is 4. The van der Waals surface area contributed by atoms with Gasteiger partial charge in [-0.25, -0.2) is 8.78 Å². The second kappa shape index (κ2) is 7.79. The van der Waals surface area contributed by atoms with Crippen molar-refractivity contribution in [2.45, 2.75) is 44.2 Å². The van der Waals surface area contributed by atoms with Crippen molar-refractivity contribution in [1.82, 2.24) is 9.80 Å². The van der Waals surface area contributed by atoms with Crippen LogP contribution in [0.2, 0.25) is 0 Å². The van der Waals surface area contributed by atoms with Crippen molar-refractivity contribution >= 4 is 5.91 Å². The third-order valence-corrected chi connectivity index (χ3v) is 5.65. The van der Waals surface area contributed by atoms with E-state index >= 15 is 0 Å². The van der Waals surface area contributed by atoms with E-state index in [1.54, 1.807) is 0 Å². The van der Waals surface area contributed by atoms with Crippen molar-refractivity contribution in [2.75, 3.05) is 33.4 Å². The van der Waals surface area contributed by atoms with Gasteiger partial charge in [0.25, 0.3) is 0 Å². The van der Waals surface area contributed by atoms with Crippen LogP contribution in [-0.4, -0.2) is 54.6 Å². The lowest BCUT2D eigenvalue weighted by Crippen LogP contribution is -2.44. The Hall–Kier alpha value is -1.53. The molecule has 1 aromatic rings. The Morgan fingerprint density at radius 2 is 1.92 bits per heavy atom. The first-order chi connectivity index (χ1) is 12.0. The van der Waals surface area contributed by atoms with Crippen LogP contribution in [0.25, 0.3) is 0 Å². The third-order valence-electron chi connectivity index (χ3n) is 5.65. The van der Waals surface area contributed by atoms with Gasteiger partial charge in [0.2, 0.25) is 5.91 Å². The first kappa shape index (κ1) is 18.3. The Kier molecular flexibility index (Phi) is 5.69. The highest BCUT2D eigenvalue weighted by Gasteiger charge is 2.42. The van der Waals surface area contributed by atoms with Gasteiger partial charge in [-0.15, -0.1) is 0 Å². The molecular weight excluding hydrogens is 326 g/mol. The lowest BCUT2D eigenvalue weighted by molar-refractivity contribution is -0.135. The summed E-state index contributed by atoms with van der Waals surface area (Å²) >= 11 is 0. The smallest absolute Gasteiger partial charge is 0.248 e. The Morgan fingerprint density at radius 1 is 1.16 bits per heavy atom. The molecule has 0 N–H and O–H groups in total. The van der Waals surface area contributed by atoms with E-state index < -0.39 is 5.82 Å². The van der Waals surface area contributed by atoms with Gasteiger partial charge in [-0.05, 0) is 56.8 Å². The molecule has 0 aromatic heterocycles. The van der Waals surface area contributed by atoms with Gasteiger partial charge in [-0.2, -0.15) is 0 Å². The van der Waals surface area contributed by atoms with Gasteiger partial charge in [0.15, 0.2) is 0 Å². The minimum absolute atomic E-state index is 0.0130. The number of methoxy groups -OCH3 is 1. The number of hydrogen-bond acceptors (Lipinski definition) is 3. The van der Waals surface area contributed by atoms with Gasteiger partial charge in [0, 0.05) is 37.8 Å². The molecule has 2 saturated heterocycles. The van der Waals surface area contributed by atoms with Crippen LogP contribution in [0, 0.1) is 11.6 Å². The van der Waals surface area contributed by atoms with Gasteiger partial charge in [-0.3, -0.25) is 9.69 Å². The van der Waals surface area contributed by atoms with Crippen LogP contribution >= 0.6 is 0 Å². The largest absolute Gasteiger partial charge is 0.375 e. The topological polar surface area (TPSA) is 32.8 Å².